The first-order chi connectivity index (χ1) is 16.9. The van der Waals surface area contributed by atoms with E-state index in [0.717, 1.165) is 34.8 Å². The number of carbonyl (C=O) groups is 2. The van der Waals surface area contributed by atoms with Gasteiger partial charge in [-0.3, -0.25) is 9.59 Å². The number of aromatic nitrogens is 2. The maximum absolute atomic E-state index is 13.2. The van der Waals surface area contributed by atoms with Crippen molar-refractivity contribution in [3.8, 4) is 16.9 Å². The van der Waals surface area contributed by atoms with Gasteiger partial charge >= 0.3 is 0 Å². The third-order valence-corrected chi connectivity index (χ3v) is 7.03. The predicted molar refractivity (Wildman–Crippen MR) is 142 cm³/mol. The second kappa shape index (κ2) is 10.7. The summed E-state index contributed by atoms with van der Waals surface area (Å²) in [4.78, 5) is 30.6. The van der Waals surface area contributed by atoms with Crippen molar-refractivity contribution >= 4 is 28.3 Å². The Bertz CT molecular complexity index is 1310. The molecule has 2 N–H and O–H groups in total. The molecule has 0 radical (unpaired) electrons. The summed E-state index contributed by atoms with van der Waals surface area (Å²) in [7, 11) is 0. The van der Waals surface area contributed by atoms with Crippen LogP contribution in [0.5, 0.6) is 0 Å². The zero-order valence-corrected chi connectivity index (χ0v) is 21.2. The van der Waals surface area contributed by atoms with Crippen LogP contribution in [0.4, 0.5) is 5.13 Å². The Morgan fingerprint density at radius 3 is 2.34 bits per heavy atom. The van der Waals surface area contributed by atoms with Gasteiger partial charge in [0.25, 0.3) is 5.91 Å². The SMILES string of the molecule is CCC(C)C(NC(=O)c1ccccc1)C(=O)Nc1nc(-c2cc(C)n(-c3ccccc3)c2C)cs1. The maximum atomic E-state index is 13.2. The van der Waals surface area contributed by atoms with E-state index in [9.17, 15) is 9.59 Å². The second-order valence-corrected chi connectivity index (χ2v) is 9.54. The Hall–Kier alpha value is -3.71. The molecule has 0 saturated carbocycles. The van der Waals surface area contributed by atoms with Gasteiger partial charge in [0.1, 0.15) is 6.04 Å². The van der Waals surface area contributed by atoms with Crippen molar-refractivity contribution in [1.29, 1.82) is 0 Å². The van der Waals surface area contributed by atoms with Crippen LogP contribution in [0.2, 0.25) is 0 Å². The standard InChI is InChI=1S/C28H30N4O2S/c1-5-18(2)25(30-26(33)21-12-8-6-9-13-21)27(34)31-28-29-24(17-35-28)23-16-19(3)32(20(23)4)22-14-10-7-11-15-22/h6-18,25H,5H2,1-4H3,(H,30,33)(H,29,31,34). The zero-order valence-electron chi connectivity index (χ0n) is 20.4. The number of nitrogens with one attached hydrogen (secondary N) is 2. The van der Waals surface area contributed by atoms with Gasteiger partial charge in [-0.05, 0) is 50.1 Å². The van der Waals surface area contributed by atoms with Gasteiger partial charge in [-0.25, -0.2) is 4.98 Å². The first-order valence-electron chi connectivity index (χ1n) is 11.8. The van der Waals surface area contributed by atoms with Crippen molar-refractivity contribution in [3.63, 3.8) is 0 Å². The molecule has 4 aromatic rings. The molecule has 6 nitrogen and oxygen atoms in total. The van der Waals surface area contributed by atoms with Gasteiger partial charge in [-0.2, -0.15) is 0 Å². The van der Waals surface area contributed by atoms with E-state index in [4.69, 9.17) is 4.98 Å². The average molecular weight is 487 g/mol. The first-order valence-corrected chi connectivity index (χ1v) is 12.6. The summed E-state index contributed by atoms with van der Waals surface area (Å²) < 4.78 is 2.20. The van der Waals surface area contributed by atoms with Gasteiger partial charge in [-0.15, -0.1) is 11.3 Å². The lowest BCUT2D eigenvalue weighted by atomic mass is 9.98. The monoisotopic (exact) mass is 486 g/mol. The van der Waals surface area contributed by atoms with E-state index in [2.05, 4.69) is 47.2 Å². The number of benzene rings is 2. The highest BCUT2D eigenvalue weighted by atomic mass is 32.1. The van der Waals surface area contributed by atoms with Crippen molar-refractivity contribution in [2.24, 2.45) is 5.92 Å². The van der Waals surface area contributed by atoms with E-state index in [-0.39, 0.29) is 17.7 Å². The fourth-order valence-corrected chi connectivity index (χ4v) is 4.86. The molecule has 2 unspecified atom stereocenters. The van der Waals surface area contributed by atoms with Crippen LogP contribution >= 0.6 is 11.3 Å². The molecule has 180 valence electrons. The first kappa shape index (κ1) is 24.4. The van der Waals surface area contributed by atoms with Gasteiger partial charge < -0.3 is 15.2 Å². The quantitative estimate of drug-likeness (QED) is 0.321. The fraction of sp³-hybridized carbons (Fsp3) is 0.250. The molecule has 0 saturated heterocycles. The topological polar surface area (TPSA) is 76.0 Å². The Labute approximate surface area is 210 Å². The number of anilines is 1. The van der Waals surface area contributed by atoms with Crippen molar-refractivity contribution < 1.29 is 9.59 Å². The predicted octanol–water partition coefficient (Wildman–Crippen LogP) is 6.00. The summed E-state index contributed by atoms with van der Waals surface area (Å²) in [6, 6.07) is 20.6. The number of nitrogens with zero attached hydrogens (tertiary/aromatic N) is 2. The van der Waals surface area contributed by atoms with E-state index in [1.807, 2.05) is 43.5 Å². The van der Waals surface area contributed by atoms with Crippen LogP contribution in [0.1, 0.15) is 42.0 Å². The van der Waals surface area contributed by atoms with Gasteiger partial charge in [0, 0.05) is 33.6 Å². The van der Waals surface area contributed by atoms with Gasteiger partial charge in [-0.1, -0.05) is 56.7 Å². The molecule has 2 aromatic heterocycles. The molecule has 0 fully saturated rings. The molecule has 0 bridgehead atoms. The molecule has 0 spiro atoms. The van der Waals surface area contributed by atoms with Crippen LogP contribution in [0, 0.1) is 19.8 Å². The van der Waals surface area contributed by atoms with Crippen molar-refractivity contribution in [2.75, 3.05) is 5.32 Å². The molecule has 35 heavy (non-hydrogen) atoms. The number of hydrogen-bond acceptors (Lipinski definition) is 4. The van der Waals surface area contributed by atoms with Crippen LogP contribution in [-0.4, -0.2) is 27.4 Å². The van der Waals surface area contributed by atoms with Crippen molar-refractivity contribution in [3.05, 3.63) is 89.1 Å². The lowest BCUT2D eigenvalue weighted by Crippen LogP contribution is -2.47. The number of amides is 2. The Kier molecular flexibility index (Phi) is 7.46. The van der Waals surface area contributed by atoms with E-state index < -0.39 is 6.04 Å². The Balaban J connectivity index is 1.52. The van der Waals surface area contributed by atoms with Crippen molar-refractivity contribution in [1.82, 2.24) is 14.9 Å². The molecule has 2 heterocycles. The molecule has 0 aliphatic carbocycles. The summed E-state index contributed by atoms with van der Waals surface area (Å²) in [5, 5.41) is 8.29. The molecule has 2 amide bonds. The number of aryl methyl sites for hydroxylation is 1. The zero-order chi connectivity index (χ0) is 24.9. The molecule has 2 atom stereocenters. The third kappa shape index (κ3) is 5.35. The average Bonchev–Trinajstić information content (AvgIpc) is 3.45. The second-order valence-electron chi connectivity index (χ2n) is 8.69. The minimum absolute atomic E-state index is 0.0353. The number of para-hydroxylation sites is 1. The van der Waals surface area contributed by atoms with Gasteiger partial charge in [0.15, 0.2) is 5.13 Å². The van der Waals surface area contributed by atoms with Crippen LogP contribution in [0.15, 0.2) is 72.1 Å². The summed E-state index contributed by atoms with van der Waals surface area (Å²) in [6.45, 7) is 8.11. The molecular weight excluding hydrogens is 456 g/mol. The van der Waals surface area contributed by atoms with E-state index in [1.54, 1.807) is 24.3 Å². The fourth-order valence-electron chi connectivity index (χ4n) is 4.15. The molecular formula is C28H30N4O2S. The largest absolute Gasteiger partial charge is 0.340 e. The highest BCUT2D eigenvalue weighted by molar-refractivity contribution is 7.14. The van der Waals surface area contributed by atoms with Crippen LogP contribution in [-0.2, 0) is 4.79 Å². The molecule has 0 aliphatic rings. The van der Waals surface area contributed by atoms with Gasteiger partial charge in [0.05, 0.1) is 5.69 Å². The lowest BCUT2D eigenvalue weighted by molar-refractivity contribution is -0.119. The van der Waals surface area contributed by atoms with Gasteiger partial charge in [0.2, 0.25) is 5.91 Å². The number of hydrogen-bond donors (Lipinski definition) is 2. The van der Waals surface area contributed by atoms with E-state index in [1.165, 1.54) is 11.3 Å². The van der Waals surface area contributed by atoms with Crippen LogP contribution in [0.3, 0.4) is 0 Å². The summed E-state index contributed by atoms with van der Waals surface area (Å²) in [5.41, 5.74) is 5.67. The summed E-state index contributed by atoms with van der Waals surface area (Å²) in [6.07, 6.45) is 0.752. The van der Waals surface area contributed by atoms with E-state index >= 15 is 0 Å². The number of thiazole rings is 1. The third-order valence-electron chi connectivity index (χ3n) is 6.27. The lowest BCUT2D eigenvalue weighted by Gasteiger charge is -2.23. The highest BCUT2D eigenvalue weighted by Gasteiger charge is 2.27. The minimum atomic E-state index is -0.664. The minimum Gasteiger partial charge on any atom is -0.340 e. The molecule has 4 rings (SSSR count). The molecule has 7 heteroatoms. The summed E-state index contributed by atoms with van der Waals surface area (Å²) in [5.74, 6) is -0.564. The van der Waals surface area contributed by atoms with Crippen LogP contribution in [0.25, 0.3) is 16.9 Å². The molecule has 2 aromatic carbocycles. The molecule has 0 aliphatic heterocycles. The number of carbonyl (C=O) groups excluding carboxylic acids is 2. The smallest absolute Gasteiger partial charge is 0.251 e. The van der Waals surface area contributed by atoms with E-state index in [0.29, 0.717) is 10.7 Å². The Morgan fingerprint density at radius 2 is 1.69 bits per heavy atom. The van der Waals surface area contributed by atoms with Crippen molar-refractivity contribution in [2.45, 2.75) is 40.2 Å². The number of rotatable bonds is 8. The Morgan fingerprint density at radius 1 is 1.03 bits per heavy atom. The normalized spacial score (nSPS) is 12.7. The maximum Gasteiger partial charge on any atom is 0.251 e. The van der Waals surface area contributed by atoms with Crippen LogP contribution < -0.4 is 10.6 Å². The summed E-state index contributed by atoms with van der Waals surface area (Å²) >= 11 is 1.38. The highest BCUT2D eigenvalue weighted by Crippen LogP contribution is 2.31.